The molecule has 0 aliphatic carbocycles. The molecule has 21 heavy (non-hydrogen) atoms. The molecule has 1 fully saturated rings. The number of nitrogens with one attached hydrogen (secondary N) is 2. The summed E-state index contributed by atoms with van der Waals surface area (Å²) in [5.74, 6) is -0.101. The van der Waals surface area contributed by atoms with E-state index >= 15 is 0 Å². The maximum Gasteiger partial charge on any atom is 0.273 e. The molecule has 1 amide bonds. The fourth-order valence-corrected chi connectivity index (χ4v) is 2.70. The van der Waals surface area contributed by atoms with Gasteiger partial charge in [0.15, 0.2) is 5.69 Å². The molecule has 1 aliphatic rings. The van der Waals surface area contributed by atoms with Gasteiger partial charge in [-0.3, -0.25) is 4.79 Å². The first-order chi connectivity index (χ1) is 9.67. The quantitative estimate of drug-likeness (QED) is 0.870. The van der Waals surface area contributed by atoms with E-state index in [1.54, 1.807) is 0 Å². The average Bonchev–Trinajstić information content (AvgIpc) is 2.87. The zero-order valence-corrected chi connectivity index (χ0v) is 13.9. The number of aromatic nitrogens is 3. The van der Waals surface area contributed by atoms with Crippen LogP contribution in [0.3, 0.4) is 0 Å². The standard InChI is InChI=1S/C14H25N5O.ClH/c1-4-11(5-2)16-14(20)13-10(3)19(18-17-13)12-6-8-15-9-7-12;/h11-12,15H,4-9H2,1-3H3,(H,16,20);1H. The SMILES string of the molecule is CCC(CC)NC(=O)c1nnn(C2CCNCC2)c1C.Cl. The minimum Gasteiger partial charge on any atom is -0.348 e. The third-order valence-corrected chi connectivity index (χ3v) is 4.12. The lowest BCUT2D eigenvalue weighted by Crippen LogP contribution is -2.34. The number of halogens is 1. The van der Waals surface area contributed by atoms with Crippen molar-refractivity contribution in [2.75, 3.05) is 13.1 Å². The van der Waals surface area contributed by atoms with Crippen molar-refractivity contribution >= 4 is 18.3 Å². The maximum atomic E-state index is 12.3. The summed E-state index contributed by atoms with van der Waals surface area (Å²) in [6, 6.07) is 0.573. The Morgan fingerprint density at radius 1 is 1.38 bits per heavy atom. The topological polar surface area (TPSA) is 71.8 Å². The van der Waals surface area contributed by atoms with Crippen molar-refractivity contribution in [2.24, 2.45) is 0 Å². The first-order valence-electron chi connectivity index (χ1n) is 7.60. The fourth-order valence-electron chi connectivity index (χ4n) is 2.70. The van der Waals surface area contributed by atoms with Crippen LogP contribution in [0.15, 0.2) is 0 Å². The Hall–Kier alpha value is -1.14. The van der Waals surface area contributed by atoms with Gasteiger partial charge in [-0.15, -0.1) is 17.5 Å². The predicted octanol–water partition coefficient (Wildman–Crippen LogP) is 1.85. The lowest BCUT2D eigenvalue weighted by molar-refractivity contribution is 0.0929. The van der Waals surface area contributed by atoms with E-state index in [1.165, 1.54) is 0 Å². The lowest BCUT2D eigenvalue weighted by atomic mass is 10.1. The smallest absolute Gasteiger partial charge is 0.273 e. The molecule has 2 N–H and O–H groups in total. The Morgan fingerprint density at radius 2 is 2.00 bits per heavy atom. The highest BCUT2D eigenvalue weighted by atomic mass is 35.5. The highest BCUT2D eigenvalue weighted by Crippen LogP contribution is 2.20. The van der Waals surface area contributed by atoms with Crippen molar-refractivity contribution in [3.05, 3.63) is 11.4 Å². The van der Waals surface area contributed by atoms with Gasteiger partial charge >= 0.3 is 0 Å². The van der Waals surface area contributed by atoms with Gasteiger partial charge in [0.25, 0.3) is 5.91 Å². The van der Waals surface area contributed by atoms with E-state index in [2.05, 4.69) is 34.8 Å². The zero-order valence-electron chi connectivity index (χ0n) is 13.1. The van der Waals surface area contributed by atoms with E-state index in [1.807, 2.05) is 11.6 Å². The molecule has 1 aromatic rings. The van der Waals surface area contributed by atoms with E-state index in [0.717, 1.165) is 44.5 Å². The summed E-state index contributed by atoms with van der Waals surface area (Å²) in [4.78, 5) is 12.3. The van der Waals surface area contributed by atoms with Crippen LogP contribution in [0.1, 0.15) is 61.8 Å². The van der Waals surface area contributed by atoms with Gasteiger partial charge in [-0.05, 0) is 45.7 Å². The third kappa shape index (κ3) is 4.17. The number of hydrogen-bond donors (Lipinski definition) is 2. The molecular weight excluding hydrogens is 290 g/mol. The van der Waals surface area contributed by atoms with Gasteiger partial charge in [0.05, 0.1) is 11.7 Å². The molecule has 1 aliphatic heterocycles. The maximum absolute atomic E-state index is 12.3. The summed E-state index contributed by atoms with van der Waals surface area (Å²) in [5.41, 5.74) is 1.34. The summed E-state index contributed by atoms with van der Waals surface area (Å²) < 4.78 is 1.92. The number of carbonyl (C=O) groups is 1. The van der Waals surface area contributed by atoms with E-state index < -0.39 is 0 Å². The Morgan fingerprint density at radius 3 is 2.57 bits per heavy atom. The highest BCUT2D eigenvalue weighted by Gasteiger charge is 2.23. The minimum absolute atomic E-state index is 0. The fraction of sp³-hybridized carbons (Fsp3) is 0.786. The van der Waals surface area contributed by atoms with Crippen LogP contribution in [0.2, 0.25) is 0 Å². The van der Waals surface area contributed by atoms with Crippen molar-refractivity contribution in [3.8, 4) is 0 Å². The Kier molecular flexibility index (Phi) is 7.11. The van der Waals surface area contributed by atoms with E-state index in [4.69, 9.17) is 0 Å². The summed E-state index contributed by atoms with van der Waals surface area (Å²) in [5, 5.41) is 14.6. The number of hydrogen-bond acceptors (Lipinski definition) is 4. The normalized spacial score (nSPS) is 15.8. The van der Waals surface area contributed by atoms with Crippen molar-refractivity contribution in [1.29, 1.82) is 0 Å². The number of rotatable bonds is 5. The van der Waals surface area contributed by atoms with Crippen LogP contribution in [0, 0.1) is 6.92 Å². The summed E-state index contributed by atoms with van der Waals surface area (Å²) >= 11 is 0. The number of nitrogens with zero attached hydrogens (tertiary/aromatic N) is 3. The van der Waals surface area contributed by atoms with Gasteiger partial charge in [-0.1, -0.05) is 19.1 Å². The van der Waals surface area contributed by atoms with Gasteiger partial charge in [-0.2, -0.15) is 0 Å². The Balaban J connectivity index is 0.00000220. The molecule has 0 unspecified atom stereocenters. The highest BCUT2D eigenvalue weighted by molar-refractivity contribution is 5.93. The van der Waals surface area contributed by atoms with Gasteiger partial charge < -0.3 is 10.6 Å². The Labute approximate surface area is 132 Å². The molecule has 1 aromatic heterocycles. The average molecular weight is 316 g/mol. The molecule has 6 nitrogen and oxygen atoms in total. The first-order valence-corrected chi connectivity index (χ1v) is 7.60. The van der Waals surface area contributed by atoms with Crippen LogP contribution < -0.4 is 10.6 Å². The van der Waals surface area contributed by atoms with Crippen LogP contribution in [0.4, 0.5) is 0 Å². The molecule has 0 aromatic carbocycles. The molecule has 0 spiro atoms. The molecule has 0 saturated carbocycles. The second kappa shape index (κ2) is 8.34. The van der Waals surface area contributed by atoms with Crippen LogP contribution in [-0.4, -0.2) is 40.0 Å². The van der Waals surface area contributed by atoms with Crippen molar-refractivity contribution in [2.45, 2.75) is 58.5 Å². The second-order valence-electron chi connectivity index (χ2n) is 5.44. The third-order valence-electron chi connectivity index (χ3n) is 4.12. The lowest BCUT2D eigenvalue weighted by Gasteiger charge is -2.23. The first kappa shape index (κ1) is 17.9. The molecule has 120 valence electrons. The van der Waals surface area contributed by atoms with Crippen LogP contribution in [0.5, 0.6) is 0 Å². The predicted molar refractivity (Wildman–Crippen MR) is 85.0 cm³/mol. The summed E-state index contributed by atoms with van der Waals surface area (Å²) in [6.07, 6.45) is 3.95. The van der Waals surface area contributed by atoms with Crippen LogP contribution in [0.25, 0.3) is 0 Å². The zero-order chi connectivity index (χ0) is 14.5. The van der Waals surface area contributed by atoms with Crippen molar-refractivity contribution < 1.29 is 4.79 Å². The van der Waals surface area contributed by atoms with Crippen molar-refractivity contribution in [3.63, 3.8) is 0 Å². The molecule has 0 radical (unpaired) electrons. The molecule has 2 heterocycles. The van der Waals surface area contributed by atoms with Gasteiger partial charge in [-0.25, -0.2) is 4.68 Å². The van der Waals surface area contributed by atoms with Crippen LogP contribution >= 0.6 is 12.4 Å². The largest absolute Gasteiger partial charge is 0.348 e. The molecule has 1 saturated heterocycles. The van der Waals surface area contributed by atoms with Gasteiger partial charge in [0.1, 0.15) is 0 Å². The number of amides is 1. The van der Waals surface area contributed by atoms with E-state index in [0.29, 0.717) is 11.7 Å². The second-order valence-corrected chi connectivity index (χ2v) is 5.44. The number of piperidine rings is 1. The minimum atomic E-state index is -0.101. The van der Waals surface area contributed by atoms with Gasteiger partial charge in [0, 0.05) is 6.04 Å². The number of carbonyl (C=O) groups excluding carboxylic acids is 1. The molecule has 7 heteroatoms. The molecule has 0 atom stereocenters. The molecule has 0 bridgehead atoms. The Bertz CT molecular complexity index is 452. The van der Waals surface area contributed by atoms with E-state index in [9.17, 15) is 4.79 Å². The monoisotopic (exact) mass is 315 g/mol. The summed E-state index contributed by atoms with van der Waals surface area (Å²) in [7, 11) is 0. The summed E-state index contributed by atoms with van der Waals surface area (Å²) in [6.45, 7) is 8.09. The molecular formula is C14H26ClN5O. The van der Waals surface area contributed by atoms with Crippen LogP contribution in [-0.2, 0) is 0 Å². The van der Waals surface area contributed by atoms with E-state index in [-0.39, 0.29) is 24.4 Å². The van der Waals surface area contributed by atoms with Crippen molar-refractivity contribution in [1.82, 2.24) is 25.6 Å². The van der Waals surface area contributed by atoms with Gasteiger partial charge in [0.2, 0.25) is 0 Å². The molecule has 2 rings (SSSR count).